The lowest BCUT2D eigenvalue weighted by atomic mass is 9.83. The number of anilines is 2. The van der Waals surface area contributed by atoms with Gasteiger partial charge in [0.2, 0.25) is 17.7 Å². The zero-order valence-corrected chi connectivity index (χ0v) is 27.2. The van der Waals surface area contributed by atoms with Gasteiger partial charge in [-0.1, -0.05) is 51.2 Å². The van der Waals surface area contributed by atoms with Crippen molar-refractivity contribution in [2.24, 2.45) is 5.92 Å². The van der Waals surface area contributed by atoms with Gasteiger partial charge >= 0.3 is 10.8 Å². The molecule has 3 aromatic carbocycles. The minimum absolute atomic E-state index is 0.248. The van der Waals surface area contributed by atoms with Crippen LogP contribution in [0.4, 0.5) is 11.4 Å². The molecule has 3 heterocycles. The molecule has 13 heteroatoms. The number of thiazole rings is 1. The van der Waals surface area contributed by atoms with Crippen molar-refractivity contribution in [2.45, 2.75) is 29.7 Å². The number of aromatic nitrogens is 1. The van der Waals surface area contributed by atoms with Crippen molar-refractivity contribution in [1.82, 2.24) is 4.57 Å². The van der Waals surface area contributed by atoms with Crippen LogP contribution in [0.15, 0.2) is 87.1 Å². The number of hydrogen-bond acceptors (Lipinski definition) is 9. The third-order valence-electron chi connectivity index (χ3n) is 7.57. The Kier molecular flexibility index (Phi) is 8.67. The Hall–Kier alpha value is -4.20. The first-order chi connectivity index (χ1) is 21.7. The van der Waals surface area contributed by atoms with E-state index in [1.165, 1.54) is 16.6 Å². The molecule has 0 spiro atoms. The summed E-state index contributed by atoms with van der Waals surface area (Å²) in [6, 6.07) is 20.4. The number of halogens is 1. The molecule has 0 radical (unpaired) electrons. The molecule has 1 aromatic heterocycles. The molecule has 10 nitrogen and oxygen atoms in total. The van der Waals surface area contributed by atoms with Crippen LogP contribution in [-0.2, 0) is 25.7 Å². The normalized spacial score (nSPS) is 18.7. The number of imide groups is 1. The Morgan fingerprint density at radius 1 is 0.978 bits per heavy atom. The molecule has 0 unspecified atom stereocenters. The van der Waals surface area contributed by atoms with E-state index in [9.17, 15) is 24.0 Å². The second kappa shape index (κ2) is 12.7. The van der Waals surface area contributed by atoms with Gasteiger partial charge in [0.05, 0.1) is 35.9 Å². The van der Waals surface area contributed by atoms with Gasteiger partial charge in [-0.2, -0.15) is 0 Å². The molecule has 3 atom stereocenters. The molecule has 0 saturated carbocycles. The number of amides is 3. The standard InChI is InChI=1S/C32H26BrN3O7S2/c1-3-43-31(40)17-7-9-20(10-8-17)34-23(37)16-35-30-27(45-32(35)41)24(18-5-4-6-19(33)15-18)25-26(44-30)29(39)36(28(25)38)21-11-13-22(42-2)14-12-21/h4-15,24-26H,3,16H2,1-2H3,(H,34,37)/t24-,25-,26+/m0/s1. The Morgan fingerprint density at radius 2 is 1.71 bits per heavy atom. The van der Waals surface area contributed by atoms with E-state index in [0.717, 1.165) is 33.1 Å². The SMILES string of the molecule is CCOC(=O)c1ccc(NC(=O)Cn2c3c(sc2=O)[C@@H](c2cccc(Br)c2)[C@@H]2C(=O)N(c4ccc(OC)cc4)C(=O)[C@@H]2S3)cc1. The van der Waals surface area contributed by atoms with E-state index >= 15 is 0 Å². The summed E-state index contributed by atoms with van der Waals surface area (Å²) in [6.07, 6.45) is 0. The number of nitrogens with zero attached hydrogens (tertiary/aromatic N) is 2. The highest BCUT2D eigenvalue weighted by molar-refractivity contribution is 9.10. The van der Waals surface area contributed by atoms with Crippen molar-refractivity contribution in [3.63, 3.8) is 0 Å². The molecule has 0 aliphatic carbocycles. The van der Waals surface area contributed by atoms with Crippen molar-refractivity contribution in [1.29, 1.82) is 0 Å². The smallest absolute Gasteiger partial charge is 0.338 e. The van der Waals surface area contributed by atoms with Crippen LogP contribution in [0.1, 0.15) is 33.6 Å². The molecule has 2 aliphatic heterocycles. The number of nitrogens with one attached hydrogen (secondary N) is 1. The molecule has 3 amide bonds. The zero-order valence-electron chi connectivity index (χ0n) is 24.0. The van der Waals surface area contributed by atoms with Crippen LogP contribution in [0.25, 0.3) is 0 Å². The lowest BCUT2D eigenvalue weighted by Gasteiger charge is -2.30. The minimum Gasteiger partial charge on any atom is -0.497 e. The average Bonchev–Trinajstić information content (AvgIpc) is 3.47. The summed E-state index contributed by atoms with van der Waals surface area (Å²) in [6.45, 7) is 1.66. The highest BCUT2D eigenvalue weighted by Crippen LogP contribution is 2.54. The molecule has 4 aromatic rings. The predicted octanol–water partition coefficient (Wildman–Crippen LogP) is 5.29. The molecule has 1 saturated heterocycles. The molecular weight excluding hydrogens is 682 g/mol. The number of carbonyl (C=O) groups excluding carboxylic acids is 4. The summed E-state index contributed by atoms with van der Waals surface area (Å²) in [5.74, 6) is -2.41. The highest BCUT2D eigenvalue weighted by atomic mass is 79.9. The maximum Gasteiger partial charge on any atom is 0.338 e. The van der Waals surface area contributed by atoms with Gasteiger partial charge in [0, 0.05) is 21.0 Å². The highest BCUT2D eigenvalue weighted by Gasteiger charge is 2.56. The van der Waals surface area contributed by atoms with E-state index in [0.29, 0.717) is 32.6 Å². The van der Waals surface area contributed by atoms with Crippen molar-refractivity contribution in [3.8, 4) is 5.75 Å². The van der Waals surface area contributed by atoms with Gasteiger partial charge in [0.15, 0.2) is 0 Å². The van der Waals surface area contributed by atoms with Gasteiger partial charge in [-0.25, -0.2) is 9.69 Å². The van der Waals surface area contributed by atoms with Crippen molar-refractivity contribution >= 4 is 74.1 Å². The van der Waals surface area contributed by atoms with Gasteiger partial charge in [0.1, 0.15) is 17.5 Å². The van der Waals surface area contributed by atoms with E-state index in [1.54, 1.807) is 55.5 Å². The summed E-state index contributed by atoms with van der Waals surface area (Å²) in [4.78, 5) is 67.9. The van der Waals surface area contributed by atoms with Crippen LogP contribution in [0.5, 0.6) is 5.75 Å². The summed E-state index contributed by atoms with van der Waals surface area (Å²) in [5.41, 5.74) is 2.00. The number of benzene rings is 3. The zero-order chi connectivity index (χ0) is 31.8. The van der Waals surface area contributed by atoms with Crippen LogP contribution < -0.4 is 19.8 Å². The Bertz CT molecular complexity index is 1870. The van der Waals surface area contributed by atoms with Crippen molar-refractivity contribution in [2.75, 3.05) is 23.9 Å². The number of carbonyl (C=O) groups is 4. The Balaban J connectivity index is 1.33. The van der Waals surface area contributed by atoms with Gasteiger partial charge < -0.3 is 14.8 Å². The first kappa shape index (κ1) is 30.8. The van der Waals surface area contributed by atoms with Crippen LogP contribution in [0.2, 0.25) is 0 Å². The summed E-state index contributed by atoms with van der Waals surface area (Å²) >= 11 is 5.64. The Morgan fingerprint density at radius 3 is 2.38 bits per heavy atom. The summed E-state index contributed by atoms with van der Waals surface area (Å²) in [5, 5.41) is 2.44. The first-order valence-corrected chi connectivity index (χ1v) is 16.4. The number of rotatable bonds is 8. The summed E-state index contributed by atoms with van der Waals surface area (Å²) in [7, 11) is 1.54. The lowest BCUT2D eigenvalue weighted by Crippen LogP contribution is -2.33. The third-order valence-corrected chi connectivity index (χ3v) is 10.7. The largest absolute Gasteiger partial charge is 0.497 e. The molecule has 0 bridgehead atoms. The van der Waals surface area contributed by atoms with E-state index in [1.807, 2.05) is 24.3 Å². The number of hydrogen-bond donors (Lipinski definition) is 1. The summed E-state index contributed by atoms with van der Waals surface area (Å²) < 4.78 is 12.4. The van der Waals surface area contributed by atoms with Crippen LogP contribution >= 0.6 is 39.0 Å². The maximum atomic E-state index is 14.0. The molecule has 1 N–H and O–H groups in total. The monoisotopic (exact) mass is 707 g/mol. The van der Waals surface area contributed by atoms with Crippen molar-refractivity contribution in [3.05, 3.63) is 103 Å². The fourth-order valence-corrected chi connectivity index (χ4v) is 8.74. The topological polar surface area (TPSA) is 124 Å². The van der Waals surface area contributed by atoms with Gasteiger partial charge in [-0.05, 0) is 73.2 Å². The average molecular weight is 709 g/mol. The fourth-order valence-electron chi connectivity index (χ4n) is 5.55. The molecule has 1 fully saturated rings. The van der Waals surface area contributed by atoms with E-state index in [2.05, 4.69) is 21.2 Å². The molecule has 230 valence electrons. The molecule has 6 rings (SSSR count). The minimum atomic E-state index is -0.810. The van der Waals surface area contributed by atoms with Crippen LogP contribution in [0.3, 0.4) is 0 Å². The number of methoxy groups -OCH3 is 1. The van der Waals surface area contributed by atoms with E-state index < -0.39 is 29.0 Å². The van der Waals surface area contributed by atoms with Crippen LogP contribution in [0, 0.1) is 5.92 Å². The second-order valence-corrected chi connectivity index (χ2v) is 13.3. The second-order valence-electron chi connectivity index (χ2n) is 10.3. The fraction of sp³-hybridized carbons (Fsp3) is 0.219. The Labute approximate surface area is 274 Å². The quantitative estimate of drug-likeness (QED) is 0.194. The van der Waals surface area contributed by atoms with E-state index in [-0.39, 0.29) is 29.8 Å². The van der Waals surface area contributed by atoms with Gasteiger partial charge in [0.25, 0.3) is 0 Å². The van der Waals surface area contributed by atoms with Gasteiger partial charge in [-0.15, -0.1) is 0 Å². The van der Waals surface area contributed by atoms with Crippen molar-refractivity contribution < 1.29 is 28.7 Å². The first-order valence-electron chi connectivity index (χ1n) is 13.9. The van der Waals surface area contributed by atoms with Gasteiger partial charge in [-0.3, -0.25) is 23.7 Å². The number of ether oxygens (including phenoxy) is 2. The molecule has 45 heavy (non-hydrogen) atoms. The molecule has 2 aliphatic rings. The number of esters is 1. The number of thioether (sulfide) groups is 1. The predicted molar refractivity (Wildman–Crippen MR) is 174 cm³/mol. The molecular formula is C32H26BrN3O7S2. The number of fused-ring (bicyclic) bond motifs is 2. The van der Waals surface area contributed by atoms with Crippen LogP contribution in [-0.4, -0.2) is 47.2 Å². The third kappa shape index (κ3) is 5.83. The lowest BCUT2D eigenvalue weighted by molar-refractivity contribution is -0.122. The van der Waals surface area contributed by atoms with E-state index in [4.69, 9.17) is 9.47 Å². The maximum absolute atomic E-state index is 14.0.